The highest BCUT2D eigenvalue weighted by Gasteiger charge is 2.20. The number of ether oxygens (including phenoxy) is 1. The molecule has 0 unspecified atom stereocenters. The minimum atomic E-state index is -0.200. The van der Waals surface area contributed by atoms with Gasteiger partial charge in [0.05, 0.1) is 13.7 Å². The number of carbonyl (C=O) groups is 1. The highest BCUT2D eigenvalue weighted by Crippen LogP contribution is 2.24. The number of anilines is 1. The van der Waals surface area contributed by atoms with Crippen molar-refractivity contribution >= 4 is 22.5 Å². The van der Waals surface area contributed by atoms with Crippen LogP contribution in [0.15, 0.2) is 77.6 Å². The number of pyridine rings is 1. The Morgan fingerprint density at radius 3 is 2.39 bits per heavy atom. The molecule has 4 rings (SSSR count). The van der Waals surface area contributed by atoms with Crippen LogP contribution < -0.4 is 15.2 Å². The van der Waals surface area contributed by atoms with E-state index in [-0.39, 0.29) is 18.0 Å². The summed E-state index contributed by atoms with van der Waals surface area (Å²) in [5.74, 6) is 0.530. The minimum absolute atomic E-state index is 0.151. The molecule has 0 radical (unpaired) electrons. The Morgan fingerprint density at radius 1 is 0.935 bits per heavy atom. The second kappa shape index (κ2) is 8.48. The van der Waals surface area contributed by atoms with E-state index in [0.717, 1.165) is 22.0 Å². The standard InChI is InChI=1S/C26H24N2O3/c1-17-5-4-6-20(13-17)26(30)28(22-9-11-23(31-3)12-10-22)16-21-15-19-8-7-18(2)14-24(19)27-25(21)29/h4-15H,16H2,1-3H3,(H,27,29). The third-order valence-electron chi connectivity index (χ3n) is 5.30. The van der Waals surface area contributed by atoms with Crippen LogP contribution in [-0.4, -0.2) is 18.0 Å². The van der Waals surface area contributed by atoms with Crippen LogP contribution in [0, 0.1) is 13.8 Å². The van der Waals surface area contributed by atoms with Crippen LogP contribution >= 0.6 is 0 Å². The van der Waals surface area contributed by atoms with Crippen LogP contribution in [0.2, 0.25) is 0 Å². The lowest BCUT2D eigenvalue weighted by Crippen LogP contribution is -2.33. The molecule has 1 aromatic heterocycles. The Hall–Kier alpha value is -3.86. The van der Waals surface area contributed by atoms with Gasteiger partial charge in [-0.15, -0.1) is 0 Å². The smallest absolute Gasteiger partial charge is 0.258 e. The first-order chi connectivity index (χ1) is 14.9. The van der Waals surface area contributed by atoms with Gasteiger partial charge in [-0.05, 0) is 73.3 Å². The van der Waals surface area contributed by atoms with Gasteiger partial charge in [0.15, 0.2) is 0 Å². The Morgan fingerprint density at radius 2 is 1.68 bits per heavy atom. The lowest BCUT2D eigenvalue weighted by Gasteiger charge is -2.23. The van der Waals surface area contributed by atoms with E-state index < -0.39 is 0 Å². The highest BCUT2D eigenvalue weighted by atomic mass is 16.5. The molecule has 0 spiro atoms. The summed E-state index contributed by atoms with van der Waals surface area (Å²) in [7, 11) is 1.60. The van der Waals surface area contributed by atoms with E-state index in [1.807, 2.05) is 68.4 Å². The van der Waals surface area contributed by atoms with Crippen molar-refractivity contribution in [2.75, 3.05) is 12.0 Å². The van der Waals surface area contributed by atoms with Gasteiger partial charge in [-0.1, -0.05) is 29.8 Å². The average molecular weight is 412 g/mol. The van der Waals surface area contributed by atoms with Crippen molar-refractivity contribution in [1.29, 1.82) is 0 Å². The number of rotatable bonds is 5. The van der Waals surface area contributed by atoms with Gasteiger partial charge in [-0.2, -0.15) is 0 Å². The molecule has 0 aliphatic heterocycles. The number of methoxy groups -OCH3 is 1. The van der Waals surface area contributed by atoms with Gasteiger partial charge < -0.3 is 14.6 Å². The molecule has 0 fully saturated rings. The predicted molar refractivity (Wildman–Crippen MR) is 124 cm³/mol. The molecule has 31 heavy (non-hydrogen) atoms. The second-order valence-corrected chi connectivity index (χ2v) is 7.67. The highest BCUT2D eigenvalue weighted by molar-refractivity contribution is 6.06. The molecular weight excluding hydrogens is 388 g/mol. The third kappa shape index (κ3) is 4.36. The zero-order chi connectivity index (χ0) is 22.0. The Kier molecular flexibility index (Phi) is 5.58. The molecule has 1 N–H and O–H groups in total. The number of carbonyl (C=O) groups excluding carboxylic acids is 1. The molecule has 0 bridgehead atoms. The van der Waals surface area contributed by atoms with Crippen LogP contribution in [0.25, 0.3) is 10.9 Å². The SMILES string of the molecule is COc1ccc(N(Cc2cc3ccc(C)cc3[nH]c2=O)C(=O)c2cccc(C)c2)cc1. The summed E-state index contributed by atoms with van der Waals surface area (Å²) in [6.45, 7) is 4.08. The van der Waals surface area contributed by atoms with Crippen molar-refractivity contribution < 1.29 is 9.53 Å². The van der Waals surface area contributed by atoms with Crippen molar-refractivity contribution in [3.8, 4) is 5.75 Å². The second-order valence-electron chi connectivity index (χ2n) is 7.67. The van der Waals surface area contributed by atoms with E-state index in [4.69, 9.17) is 4.74 Å². The molecule has 4 aromatic rings. The summed E-state index contributed by atoms with van der Waals surface area (Å²) in [4.78, 5) is 30.8. The zero-order valence-corrected chi connectivity index (χ0v) is 17.8. The first kappa shape index (κ1) is 20.4. The molecule has 3 aromatic carbocycles. The van der Waals surface area contributed by atoms with Crippen molar-refractivity contribution in [2.45, 2.75) is 20.4 Å². The quantitative estimate of drug-likeness (QED) is 0.502. The molecule has 5 heteroatoms. The lowest BCUT2D eigenvalue weighted by molar-refractivity contribution is 0.0985. The first-order valence-electron chi connectivity index (χ1n) is 10.1. The number of aryl methyl sites for hydroxylation is 2. The number of amides is 1. The fourth-order valence-corrected chi connectivity index (χ4v) is 3.62. The van der Waals surface area contributed by atoms with Crippen LogP contribution in [0.1, 0.15) is 27.0 Å². The molecular formula is C26H24N2O3. The third-order valence-corrected chi connectivity index (χ3v) is 5.30. The van der Waals surface area contributed by atoms with Crippen LogP contribution in [0.3, 0.4) is 0 Å². The Bertz CT molecular complexity index is 1310. The van der Waals surface area contributed by atoms with E-state index >= 15 is 0 Å². The zero-order valence-electron chi connectivity index (χ0n) is 17.8. The Balaban J connectivity index is 1.77. The summed E-state index contributed by atoms with van der Waals surface area (Å²) < 4.78 is 5.25. The number of fused-ring (bicyclic) bond motifs is 1. The topological polar surface area (TPSA) is 62.4 Å². The molecule has 0 saturated carbocycles. The van der Waals surface area contributed by atoms with Crippen molar-refractivity contribution in [1.82, 2.24) is 4.98 Å². The molecule has 0 saturated heterocycles. The van der Waals surface area contributed by atoms with Crippen molar-refractivity contribution in [3.05, 3.63) is 105 Å². The van der Waals surface area contributed by atoms with Gasteiger partial charge in [-0.3, -0.25) is 9.59 Å². The van der Waals surface area contributed by atoms with Crippen molar-refractivity contribution in [2.24, 2.45) is 0 Å². The summed E-state index contributed by atoms with van der Waals surface area (Å²) >= 11 is 0. The number of hydrogen-bond acceptors (Lipinski definition) is 3. The largest absolute Gasteiger partial charge is 0.497 e. The summed E-state index contributed by atoms with van der Waals surface area (Å²) in [5.41, 5.74) is 4.45. The van der Waals surface area contributed by atoms with Crippen molar-refractivity contribution in [3.63, 3.8) is 0 Å². The van der Waals surface area contributed by atoms with Gasteiger partial charge >= 0.3 is 0 Å². The van der Waals surface area contributed by atoms with Gasteiger partial charge in [0, 0.05) is 22.3 Å². The number of H-pyrrole nitrogens is 1. The normalized spacial score (nSPS) is 10.8. The maximum atomic E-state index is 13.5. The Labute approximate surface area is 180 Å². The molecule has 0 aliphatic rings. The number of hydrogen-bond donors (Lipinski definition) is 1. The number of nitrogens with one attached hydrogen (secondary N) is 1. The number of aromatic nitrogens is 1. The van der Waals surface area contributed by atoms with E-state index in [1.165, 1.54) is 0 Å². The predicted octanol–water partition coefficient (Wildman–Crippen LogP) is 5.00. The van der Waals surface area contributed by atoms with Crippen LogP contribution in [0.4, 0.5) is 5.69 Å². The van der Waals surface area contributed by atoms with E-state index in [2.05, 4.69) is 4.98 Å². The first-order valence-corrected chi connectivity index (χ1v) is 10.1. The van der Waals surface area contributed by atoms with E-state index in [1.54, 1.807) is 30.2 Å². The van der Waals surface area contributed by atoms with Gasteiger partial charge in [-0.25, -0.2) is 0 Å². The molecule has 5 nitrogen and oxygen atoms in total. The molecule has 1 amide bonds. The maximum Gasteiger partial charge on any atom is 0.258 e. The lowest BCUT2D eigenvalue weighted by atomic mass is 10.1. The van der Waals surface area contributed by atoms with Crippen LogP contribution in [0.5, 0.6) is 5.75 Å². The number of nitrogens with zero attached hydrogens (tertiary/aromatic N) is 1. The van der Waals surface area contributed by atoms with E-state index in [0.29, 0.717) is 22.6 Å². The van der Waals surface area contributed by atoms with E-state index in [9.17, 15) is 9.59 Å². The van der Waals surface area contributed by atoms with Gasteiger partial charge in [0.1, 0.15) is 5.75 Å². The van der Waals surface area contributed by atoms with Crippen LogP contribution in [-0.2, 0) is 6.54 Å². The number of benzene rings is 3. The fraction of sp³-hybridized carbons (Fsp3) is 0.154. The average Bonchev–Trinajstić information content (AvgIpc) is 2.77. The maximum absolute atomic E-state index is 13.5. The molecule has 156 valence electrons. The summed E-state index contributed by atoms with van der Waals surface area (Å²) in [5, 5.41) is 0.929. The monoisotopic (exact) mass is 412 g/mol. The summed E-state index contributed by atoms with van der Waals surface area (Å²) in [6, 6.07) is 22.5. The number of aromatic amines is 1. The molecule has 1 heterocycles. The molecule has 0 atom stereocenters. The summed E-state index contributed by atoms with van der Waals surface area (Å²) in [6.07, 6.45) is 0. The molecule has 0 aliphatic carbocycles. The van der Waals surface area contributed by atoms with Gasteiger partial charge in [0.2, 0.25) is 0 Å². The fourth-order valence-electron chi connectivity index (χ4n) is 3.62. The van der Waals surface area contributed by atoms with Gasteiger partial charge in [0.25, 0.3) is 11.5 Å². The minimum Gasteiger partial charge on any atom is -0.497 e.